The number of carbonyl (C=O) groups excluding carboxylic acids is 1. The standard InChI is InChI=1S/C15H21N3O3/c1-15(2)11-17(8-7-16(15)3)10-14(19)12-5-4-6-13(9-12)18(20)21/h4-6,9H,7-8,10-11H2,1-3H3. The number of benzene rings is 1. The molecular formula is C15H21N3O3. The molecule has 114 valence electrons. The fourth-order valence-electron chi connectivity index (χ4n) is 2.56. The summed E-state index contributed by atoms with van der Waals surface area (Å²) in [4.78, 5) is 27.0. The molecule has 0 aliphatic carbocycles. The third kappa shape index (κ3) is 3.65. The van der Waals surface area contributed by atoms with E-state index in [-0.39, 0.29) is 17.0 Å². The van der Waals surface area contributed by atoms with Gasteiger partial charge in [-0.15, -0.1) is 0 Å². The molecule has 1 fully saturated rings. The van der Waals surface area contributed by atoms with Crippen molar-refractivity contribution in [3.05, 3.63) is 39.9 Å². The molecule has 2 rings (SSSR count). The number of rotatable bonds is 4. The highest BCUT2D eigenvalue weighted by Crippen LogP contribution is 2.19. The third-order valence-corrected chi connectivity index (χ3v) is 4.14. The largest absolute Gasteiger partial charge is 0.299 e. The number of non-ortho nitro benzene ring substituents is 1. The van der Waals surface area contributed by atoms with E-state index < -0.39 is 4.92 Å². The van der Waals surface area contributed by atoms with E-state index in [1.807, 2.05) is 0 Å². The molecule has 1 saturated heterocycles. The number of Topliss-reactive ketones (excluding diaryl/α,β-unsaturated/α-hetero) is 1. The van der Waals surface area contributed by atoms with Crippen molar-refractivity contribution < 1.29 is 9.72 Å². The van der Waals surface area contributed by atoms with Crippen LogP contribution in [0.5, 0.6) is 0 Å². The molecule has 0 radical (unpaired) electrons. The molecule has 0 amide bonds. The Kier molecular flexibility index (Phi) is 4.39. The van der Waals surface area contributed by atoms with Crippen LogP contribution in [-0.4, -0.2) is 59.3 Å². The summed E-state index contributed by atoms with van der Waals surface area (Å²) >= 11 is 0. The lowest BCUT2D eigenvalue weighted by Crippen LogP contribution is -2.58. The molecule has 0 aromatic heterocycles. The van der Waals surface area contributed by atoms with Gasteiger partial charge in [-0.25, -0.2) is 0 Å². The molecular weight excluding hydrogens is 270 g/mol. The van der Waals surface area contributed by atoms with Crippen LogP contribution < -0.4 is 0 Å². The zero-order valence-electron chi connectivity index (χ0n) is 12.7. The van der Waals surface area contributed by atoms with Crippen molar-refractivity contribution in [2.45, 2.75) is 19.4 Å². The highest BCUT2D eigenvalue weighted by atomic mass is 16.6. The predicted octanol–water partition coefficient (Wildman–Crippen LogP) is 1.80. The average Bonchev–Trinajstić information content (AvgIpc) is 2.42. The van der Waals surface area contributed by atoms with Gasteiger partial charge in [-0.1, -0.05) is 12.1 Å². The smallest absolute Gasteiger partial charge is 0.270 e. The van der Waals surface area contributed by atoms with Gasteiger partial charge in [0.1, 0.15) is 0 Å². The first kappa shape index (κ1) is 15.6. The second-order valence-electron chi connectivity index (χ2n) is 6.18. The number of hydrogen-bond acceptors (Lipinski definition) is 5. The summed E-state index contributed by atoms with van der Waals surface area (Å²) in [7, 11) is 2.08. The van der Waals surface area contributed by atoms with Crippen molar-refractivity contribution in [2.24, 2.45) is 0 Å². The van der Waals surface area contributed by atoms with E-state index in [2.05, 4.69) is 30.7 Å². The van der Waals surface area contributed by atoms with E-state index in [0.29, 0.717) is 12.1 Å². The molecule has 0 unspecified atom stereocenters. The number of nitro groups is 1. The monoisotopic (exact) mass is 291 g/mol. The minimum Gasteiger partial charge on any atom is -0.299 e. The van der Waals surface area contributed by atoms with Crippen LogP contribution in [0.4, 0.5) is 5.69 Å². The molecule has 0 atom stereocenters. The van der Waals surface area contributed by atoms with Gasteiger partial charge in [-0.2, -0.15) is 0 Å². The summed E-state index contributed by atoms with van der Waals surface area (Å²) in [6.07, 6.45) is 0. The van der Waals surface area contributed by atoms with Crippen LogP contribution in [0.15, 0.2) is 24.3 Å². The van der Waals surface area contributed by atoms with Crippen LogP contribution in [0.2, 0.25) is 0 Å². The van der Waals surface area contributed by atoms with Crippen molar-refractivity contribution in [1.29, 1.82) is 0 Å². The molecule has 0 bridgehead atoms. The van der Waals surface area contributed by atoms with Gasteiger partial charge in [-0.3, -0.25) is 24.7 Å². The average molecular weight is 291 g/mol. The molecule has 1 aromatic carbocycles. The Labute approximate surface area is 124 Å². The Hall–Kier alpha value is -1.79. The van der Waals surface area contributed by atoms with Crippen molar-refractivity contribution in [3.8, 4) is 0 Å². The van der Waals surface area contributed by atoms with Crippen LogP contribution >= 0.6 is 0 Å². The lowest BCUT2D eigenvalue weighted by Gasteiger charge is -2.45. The lowest BCUT2D eigenvalue weighted by atomic mass is 9.99. The zero-order valence-corrected chi connectivity index (χ0v) is 12.7. The topological polar surface area (TPSA) is 66.7 Å². The Morgan fingerprint density at radius 1 is 1.38 bits per heavy atom. The highest BCUT2D eigenvalue weighted by molar-refractivity contribution is 5.98. The van der Waals surface area contributed by atoms with Gasteiger partial charge in [-0.05, 0) is 20.9 Å². The fourth-order valence-corrected chi connectivity index (χ4v) is 2.56. The molecule has 0 N–H and O–H groups in total. The van der Waals surface area contributed by atoms with E-state index in [9.17, 15) is 14.9 Å². The first-order valence-corrected chi connectivity index (χ1v) is 7.01. The molecule has 1 aliphatic heterocycles. The normalized spacial score (nSPS) is 19.4. The lowest BCUT2D eigenvalue weighted by molar-refractivity contribution is -0.384. The van der Waals surface area contributed by atoms with Crippen molar-refractivity contribution >= 4 is 11.5 Å². The Bertz CT molecular complexity index is 557. The quantitative estimate of drug-likeness (QED) is 0.481. The van der Waals surface area contributed by atoms with Crippen LogP contribution in [-0.2, 0) is 0 Å². The first-order valence-electron chi connectivity index (χ1n) is 7.01. The van der Waals surface area contributed by atoms with Crippen LogP contribution in [0.1, 0.15) is 24.2 Å². The Morgan fingerprint density at radius 3 is 2.71 bits per heavy atom. The van der Waals surface area contributed by atoms with Gasteiger partial charge in [0.2, 0.25) is 0 Å². The van der Waals surface area contributed by atoms with E-state index >= 15 is 0 Å². The number of nitrogens with zero attached hydrogens (tertiary/aromatic N) is 3. The summed E-state index contributed by atoms with van der Waals surface area (Å²) in [6.45, 7) is 7.16. The molecule has 6 heteroatoms. The van der Waals surface area contributed by atoms with Crippen molar-refractivity contribution in [3.63, 3.8) is 0 Å². The second-order valence-corrected chi connectivity index (χ2v) is 6.18. The van der Waals surface area contributed by atoms with Crippen LogP contribution in [0.25, 0.3) is 0 Å². The fraction of sp³-hybridized carbons (Fsp3) is 0.533. The summed E-state index contributed by atoms with van der Waals surface area (Å²) in [5.74, 6) is -0.0703. The molecule has 1 aliphatic rings. The van der Waals surface area contributed by atoms with Crippen molar-refractivity contribution in [2.75, 3.05) is 33.2 Å². The Morgan fingerprint density at radius 2 is 2.10 bits per heavy atom. The number of ketones is 1. The number of piperazine rings is 1. The van der Waals surface area contributed by atoms with Gasteiger partial charge >= 0.3 is 0 Å². The van der Waals surface area contributed by atoms with Gasteiger partial charge < -0.3 is 0 Å². The van der Waals surface area contributed by atoms with Gasteiger partial charge in [0, 0.05) is 42.9 Å². The summed E-state index contributed by atoms with van der Waals surface area (Å²) < 4.78 is 0. The van der Waals surface area contributed by atoms with Gasteiger partial charge in [0.05, 0.1) is 11.5 Å². The molecule has 1 aromatic rings. The number of hydrogen-bond donors (Lipinski definition) is 0. The highest BCUT2D eigenvalue weighted by Gasteiger charge is 2.31. The van der Waals surface area contributed by atoms with Gasteiger partial charge in [0.25, 0.3) is 5.69 Å². The molecule has 21 heavy (non-hydrogen) atoms. The summed E-state index contributed by atoms with van der Waals surface area (Å²) in [5.41, 5.74) is 0.391. The molecule has 6 nitrogen and oxygen atoms in total. The maximum Gasteiger partial charge on any atom is 0.270 e. The maximum absolute atomic E-state index is 12.3. The molecule has 0 saturated carbocycles. The van der Waals surface area contributed by atoms with E-state index in [1.165, 1.54) is 12.1 Å². The summed E-state index contributed by atoms with van der Waals surface area (Å²) in [6, 6.07) is 5.94. The maximum atomic E-state index is 12.3. The summed E-state index contributed by atoms with van der Waals surface area (Å²) in [5, 5.41) is 10.8. The molecule has 1 heterocycles. The Balaban J connectivity index is 2.05. The van der Waals surface area contributed by atoms with Crippen molar-refractivity contribution in [1.82, 2.24) is 9.80 Å². The van der Waals surface area contributed by atoms with Crippen LogP contribution in [0, 0.1) is 10.1 Å². The number of carbonyl (C=O) groups is 1. The first-order chi connectivity index (χ1) is 9.79. The third-order valence-electron chi connectivity index (χ3n) is 4.14. The SMILES string of the molecule is CN1CCN(CC(=O)c2cccc([N+](=O)[O-])c2)CC1(C)C. The van der Waals surface area contributed by atoms with E-state index in [0.717, 1.165) is 19.6 Å². The zero-order chi connectivity index (χ0) is 15.6. The minimum atomic E-state index is -0.476. The predicted molar refractivity (Wildman–Crippen MR) is 80.6 cm³/mol. The van der Waals surface area contributed by atoms with E-state index in [1.54, 1.807) is 12.1 Å². The van der Waals surface area contributed by atoms with Crippen LogP contribution in [0.3, 0.4) is 0 Å². The second kappa shape index (κ2) is 5.91. The molecule has 0 spiro atoms. The van der Waals surface area contributed by atoms with E-state index in [4.69, 9.17) is 0 Å². The number of likely N-dealkylation sites (N-methyl/N-ethyl adjacent to an activating group) is 1. The minimum absolute atomic E-state index is 0.0290. The van der Waals surface area contributed by atoms with Gasteiger partial charge in [0.15, 0.2) is 5.78 Å². The number of nitro benzene ring substituents is 1.